The van der Waals surface area contributed by atoms with Gasteiger partial charge in [-0.3, -0.25) is 9.59 Å². The van der Waals surface area contributed by atoms with Crippen LogP contribution in [0.4, 0.5) is 15.3 Å². The van der Waals surface area contributed by atoms with Gasteiger partial charge in [0.15, 0.2) is 0 Å². The molecule has 1 unspecified atom stereocenters. The predicted octanol–water partition coefficient (Wildman–Crippen LogP) is 1.90. The molecule has 1 aromatic carbocycles. The summed E-state index contributed by atoms with van der Waals surface area (Å²) in [6.07, 6.45) is -0.0877. The van der Waals surface area contributed by atoms with Crippen LogP contribution in [0.15, 0.2) is 18.2 Å². The molecular weight excluding hydrogens is 366 g/mol. The van der Waals surface area contributed by atoms with Gasteiger partial charge in [-0.05, 0) is 44.9 Å². The number of imide groups is 1. The summed E-state index contributed by atoms with van der Waals surface area (Å²) >= 11 is 0. The molecule has 0 saturated carbocycles. The Hall–Kier alpha value is -3.10. The van der Waals surface area contributed by atoms with E-state index in [0.29, 0.717) is 17.7 Å². The minimum absolute atomic E-state index is 0.279. The van der Waals surface area contributed by atoms with Gasteiger partial charge in [-0.15, -0.1) is 0 Å². The molecule has 1 heterocycles. The number of esters is 1. The molecule has 1 fully saturated rings. The quantitative estimate of drug-likeness (QED) is 0.763. The molecule has 0 aromatic heterocycles. The van der Waals surface area contributed by atoms with Gasteiger partial charge in [0.25, 0.3) is 5.91 Å². The maximum absolute atomic E-state index is 13.0. The van der Waals surface area contributed by atoms with Crippen molar-refractivity contribution < 1.29 is 28.7 Å². The number of carbonyl (C=O) groups excluding carboxylic acids is 4. The van der Waals surface area contributed by atoms with Gasteiger partial charge >= 0.3 is 18.1 Å². The fraction of sp³-hybridized carbons (Fsp3) is 0.474. The van der Waals surface area contributed by atoms with Gasteiger partial charge in [-0.1, -0.05) is 6.07 Å². The summed E-state index contributed by atoms with van der Waals surface area (Å²) in [6, 6.07) is 4.69. The zero-order valence-electron chi connectivity index (χ0n) is 16.3. The number of fused-ring (bicyclic) bond motifs is 2. The zero-order valence-corrected chi connectivity index (χ0v) is 16.3. The van der Waals surface area contributed by atoms with Crippen molar-refractivity contribution in [2.75, 3.05) is 18.9 Å². The topological polar surface area (TPSA) is 114 Å². The fourth-order valence-corrected chi connectivity index (χ4v) is 3.43. The highest BCUT2D eigenvalue weighted by Gasteiger charge is 2.58. The van der Waals surface area contributed by atoms with Crippen LogP contribution >= 0.6 is 0 Å². The average molecular weight is 389 g/mol. The summed E-state index contributed by atoms with van der Waals surface area (Å²) in [4.78, 5) is 49.6. The van der Waals surface area contributed by atoms with Crippen molar-refractivity contribution in [3.63, 3.8) is 0 Å². The van der Waals surface area contributed by atoms with Crippen molar-refractivity contribution in [3.05, 3.63) is 29.3 Å². The van der Waals surface area contributed by atoms with Gasteiger partial charge in [-0.25, -0.2) is 14.5 Å². The number of benzene rings is 1. The first-order valence-corrected chi connectivity index (χ1v) is 8.95. The summed E-state index contributed by atoms with van der Waals surface area (Å²) in [5.41, 5.74) is -0.220. The van der Waals surface area contributed by atoms with Gasteiger partial charge in [0.1, 0.15) is 12.1 Å². The van der Waals surface area contributed by atoms with Crippen LogP contribution in [0, 0.1) is 0 Å². The minimum Gasteiger partial charge on any atom is -0.459 e. The molecule has 1 spiro atoms. The van der Waals surface area contributed by atoms with E-state index in [9.17, 15) is 19.2 Å². The highest BCUT2D eigenvalue weighted by atomic mass is 16.6. The monoisotopic (exact) mass is 389 g/mol. The van der Waals surface area contributed by atoms with Gasteiger partial charge in [0, 0.05) is 24.7 Å². The van der Waals surface area contributed by atoms with Gasteiger partial charge in [-0.2, -0.15) is 0 Å². The number of amides is 4. The number of nitrogens with one attached hydrogen (secondary N) is 2. The second-order valence-electron chi connectivity index (χ2n) is 7.75. The third-order valence-electron chi connectivity index (χ3n) is 4.55. The lowest BCUT2D eigenvalue weighted by Gasteiger charge is -2.22. The summed E-state index contributed by atoms with van der Waals surface area (Å²) in [6.45, 7) is 4.61. The lowest BCUT2D eigenvalue weighted by Crippen LogP contribution is -2.41. The van der Waals surface area contributed by atoms with Crippen LogP contribution < -0.4 is 10.6 Å². The molecule has 1 atom stereocenters. The lowest BCUT2D eigenvalue weighted by molar-refractivity contribution is -0.157. The van der Waals surface area contributed by atoms with E-state index < -0.39 is 35.7 Å². The van der Waals surface area contributed by atoms with E-state index in [2.05, 4.69) is 10.6 Å². The Bertz CT molecular complexity index is 860. The van der Waals surface area contributed by atoms with Crippen molar-refractivity contribution in [1.29, 1.82) is 0 Å². The molecule has 1 aliphatic carbocycles. The molecule has 9 nitrogen and oxygen atoms in total. The number of aryl methyl sites for hydroxylation is 1. The molecule has 0 bridgehead atoms. The Kier molecular flexibility index (Phi) is 4.78. The number of rotatable bonds is 3. The fourth-order valence-electron chi connectivity index (χ4n) is 3.43. The molecule has 0 radical (unpaired) electrons. The summed E-state index contributed by atoms with van der Waals surface area (Å²) < 4.78 is 10.7. The molecule has 150 valence electrons. The summed E-state index contributed by atoms with van der Waals surface area (Å²) in [5.74, 6) is -1.26. The van der Waals surface area contributed by atoms with E-state index in [0.717, 1.165) is 10.5 Å². The number of ether oxygens (including phenoxy) is 2. The zero-order chi connectivity index (χ0) is 20.7. The van der Waals surface area contributed by atoms with Crippen LogP contribution in [-0.2, 0) is 31.1 Å². The van der Waals surface area contributed by atoms with Crippen LogP contribution in [0.5, 0.6) is 0 Å². The van der Waals surface area contributed by atoms with Crippen LogP contribution in [0.25, 0.3) is 0 Å². The number of nitrogens with zero attached hydrogens (tertiary/aromatic N) is 1. The molecule has 4 amide bonds. The number of urea groups is 1. The van der Waals surface area contributed by atoms with Crippen molar-refractivity contribution in [2.45, 2.75) is 44.8 Å². The normalized spacial score (nSPS) is 20.8. The van der Waals surface area contributed by atoms with E-state index in [1.807, 2.05) is 0 Å². The molecule has 28 heavy (non-hydrogen) atoms. The molecule has 3 rings (SSSR count). The second kappa shape index (κ2) is 6.81. The van der Waals surface area contributed by atoms with E-state index >= 15 is 0 Å². The van der Waals surface area contributed by atoms with Gasteiger partial charge in [0.05, 0.1) is 0 Å². The molecular formula is C19H23N3O6. The standard InChI is InChI=1S/C19H23N3O6/c1-18(2,3)27-14(23)10-22-15(24)19(28-17(22)26)8-7-11-9-12(5-6-13(11)19)21-16(25)20-4/h5-6,9H,7-8,10H2,1-4H3,(H2,20,21,25). The maximum atomic E-state index is 13.0. The number of anilines is 1. The van der Waals surface area contributed by atoms with Gasteiger partial charge in [0.2, 0.25) is 5.60 Å². The van der Waals surface area contributed by atoms with Crippen LogP contribution in [0.2, 0.25) is 0 Å². The third kappa shape index (κ3) is 3.51. The molecule has 9 heteroatoms. The van der Waals surface area contributed by atoms with Crippen LogP contribution in [-0.4, -0.2) is 48.1 Å². The first-order chi connectivity index (χ1) is 13.1. The van der Waals surface area contributed by atoms with Crippen molar-refractivity contribution in [1.82, 2.24) is 10.2 Å². The van der Waals surface area contributed by atoms with E-state index in [4.69, 9.17) is 9.47 Å². The Morgan fingerprint density at radius 3 is 2.64 bits per heavy atom. The predicted molar refractivity (Wildman–Crippen MR) is 98.6 cm³/mol. The van der Waals surface area contributed by atoms with Crippen LogP contribution in [0.3, 0.4) is 0 Å². The Labute approximate surface area is 162 Å². The molecule has 1 aliphatic heterocycles. The summed E-state index contributed by atoms with van der Waals surface area (Å²) in [5, 5.41) is 5.12. The van der Waals surface area contributed by atoms with Crippen molar-refractivity contribution in [3.8, 4) is 0 Å². The molecule has 1 aromatic rings. The smallest absolute Gasteiger partial charge is 0.418 e. The van der Waals surface area contributed by atoms with Gasteiger partial charge < -0.3 is 20.1 Å². The molecule has 1 saturated heterocycles. The highest BCUT2D eigenvalue weighted by molar-refractivity contribution is 6.06. The first-order valence-electron chi connectivity index (χ1n) is 8.95. The number of carbonyl (C=O) groups is 4. The van der Waals surface area contributed by atoms with Crippen LogP contribution in [0.1, 0.15) is 38.3 Å². The Morgan fingerprint density at radius 2 is 2.00 bits per heavy atom. The Morgan fingerprint density at radius 1 is 1.29 bits per heavy atom. The SMILES string of the molecule is CNC(=O)Nc1ccc2c(c1)CCC21OC(=O)N(CC(=O)OC(C)(C)C)C1=O. The molecule has 2 N–H and O–H groups in total. The first kappa shape index (κ1) is 19.7. The average Bonchev–Trinajstić information content (AvgIpc) is 3.06. The number of hydrogen-bond acceptors (Lipinski definition) is 6. The minimum atomic E-state index is -1.43. The highest BCUT2D eigenvalue weighted by Crippen LogP contribution is 2.46. The van der Waals surface area contributed by atoms with Crippen molar-refractivity contribution in [2.24, 2.45) is 0 Å². The number of hydrogen-bond donors (Lipinski definition) is 2. The van der Waals surface area contributed by atoms with E-state index in [1.54, 1.807) is 39.0 Å². The summed E-state index contributed by atoms with van der Waals surface area (Å²) in [7, 11) is 1.51. The largest absolute Gasteiger partial charge is 0.459 e. The second-order valence-corrected chi connectivity index (χ2v) is 7.75. The maximum Gasteiger partial charge on any atom is 0.418 e. The van der Waals surface area contributed by atoms with E-state index in [-0.39, 0.29) is 12.5 Å². The van der Waals surface area contributed by atoms with E-state index in [1.165, 1.54) is 7.05 Å². The third-order valence-corrected chi connectivity index (χ3v) is 4.55. The Balaban J connectivity index is 1.82. The lowest BCUT2D eigenvalue weighted by atomic mass is 9.94. The molecule has 2 aliphatic rings. The van der Waals surface area contributed by atoms with Crippen molar-refractivity contribution >= 4 is 29.7 Å².